The molecule has 1 aromatic rings. The summed E-state index contributed by atoms with van der Waals surface area (Å²) in [6, 6.07) is 0. The number of hydrogen-bond donors (Lipinski definition) is 0. The Bertz CT molecular complexity index is 590. The highest BCUT2D eigenvalue weighted by Crippen LogP contribution is 2.38. The van der Waals surface area contributed by atoms with E-state index in [0.717, 1.165) is 0 Å². The largest absolute Gasteiger partial charge is 0.573 e. The summed E-state index contributed by atoms with van der Waals surface area (Å²) >= 11 is 0. The van der Waals surface area contributed by atoms with E-state index in [-0.39, 0.29) is 12.8 Å². The van der Waals surface area contributed by atoms with E-state index in [2.05, 4.69) is 14.5 Å². The van der Waals surface area contributed by atoms with Crippen molar-refractivity contribution in [2.75, 3.05) is 6.61 Å². The number of esters is 1. The van der Waals surface area contributed by atoms with Crippen molar-refractivity contribution >= 4 is 11.8 Å². The zero-order valence-electron chi connectivity index (χ0n) is 10.7. The Morgan fingerprint density at radius 2 is 2.05 bits per heavy atom. The fourth-order valence-electron chi connectivity index (χ4n) is 1.46. The third-order valence-corrected chi connectivity index (χ3v) is 2.16. The number of aromatic nitrogens is 1. The average molecular weight is 330 g/mol. The van der Waals surface area contributed by atoms with E-state index in [1.165, 1.54) is 6.92 Å². The van der Waals surface area contributed by atoms with Gasteiger partial charge in [0.25, 0.3) is 6.43 Å². The van der Waals surface area contributed by atoms with Crippen LogP contribution in [-0.2, 0) is 4.74 Å². The van der Waals surface area contributed by atoms with Crippen LogP contribution in [-0.4, -0.2) is 28.8 Å². The molecule has 0 amide bonds. The lowest BCUT2D eigenvalue weighted by Crippen LogP contribution is -2.21. The van der Waals surface area contributed by atoms with Crippen molar-refractivity contribution in [2.24, 2.45) is 0 Å². The Hall–Kier alpha value is -2.53. The summed E-state index contributed by atoms with van der Waals surface area (Å²) in [6.45, 7) is 0.929. The molecule has 7 nitrogen and oxygen atoms in total. The van der Waals surface area contributed by atoms with Gasteiger partial charge in [0.2, 0.25) is 0 Å². The summed E-state index contributed by atoms with van der Waals surface area (Å²) in [6.07, 6.45) is -8.93. The SMILES string of the molecule is CCOC(=O)c1c([N+](=O)[O-])ncc(OC(F)(F)F)c1C(F)F. The second-order valence-corrected chi connectivity index (χ2v) is 3.56. The van der Waals surface area contributed by atoms with E-state index in [0.29, 0.717) is 0 Å². The molecule has 22 heavy (non-hydrogen) atoms. The Morgan fingerprint density at radius 3 is 2.45 bits per heavy atom. The first-order chi connectivity index (χ1) is 10.1. The highest BCUT2D eigenvalue weighted by atomic mass is 19.4. The van der Waals surface area contributed by atoms with Gasteiger partial charge in [-0.25, -0.2) is 13.6 Å². The van der Waals surface area contributed by atoms with Gasteiger partial charge in [-0.1, -0.05) is 0 Å². The highest BCUT2D eigenvalue weighted by molar-refractivity contribution is 5.95. The topological polar surface area (TPSA) is 91.6 Å². The van der Waals surface area contributed by atoms with Gasteiger partial charge in [-0.3, -0.25) is 0 Å². The first-order valence-electron chi connectivity index (χ1n) is 5.46. The molecule has 0 atom stereocenters. The summed E-state index contributed by atoms with van der Waals surface area (Å²) < 4.78 is 70.2. The van der Waals surface area contributed by atoms with Gasteiger partial charge in [0.15, 0.2) is 17.5 Å². The second kappa shape index (κ2) is 6.49. The van der Waals surface area contributed by atoms with Crippen molar-refractivity contribution < 1.29 is 41.1 Å². The summed E-state index contributed by atoms with van der Waals surface area (Å²) in [5, 5.41) is 10.7. The van der Waals surface area contributed by atoms with Crippen molar-refractivity contribution in [2.45, 2.75) is 19.7 Å². The van der Waals surface area contributed by atoms with E-state index in [1.807, 2.05) is 0 Å². The first-order valence-corrected chi connectivity index (χ1v) is 5.46. The predicted molar refractivity (Wildman–Crippen MR) is 58.5 cm³/mol. The van der Waals surface area contributed by atoms with Crippen LogP contribution in [0.15, 0.2) is 6.20 Å². The Balaban J connectivity index is 3.61. The number of nitro groups is 1. The fourth-order valence-corrected chi connectivity index (χ4v) is 1.46. The van der Waals surface area contributed by atoms with E-state index in [9.17, 15) is 36.9 Å². The summed E-state index contributed by atoms with van der Waals surface area (Å²) in [7, 11) is 0. The molecule has 0 unspecified atom stereocenters. The van der Waals surface area contributed by atoms with Crippen molar-refractivity contribution in [3.8, 4) is 5.75 Å². The van der Waals surface area contributed by atoms with Crippen molar-refractivity contribution in [1.82, 2.24) is 4.98 Å². The number of hydrogen-bond acceptors (Lipinski definition) is 6. The van der Waals surface area contributed by atoms with E-state index in [1.54, 1.807) is 0 Å². The monoisotopic (exact) mass is 330 g/mol. The molecular weight excluding hydrogens is 323 g/mol. The van der Waals surface area contributed by atoms with Crippen molar-refractivity contribution in [3.63, 3.8) is 0 Å². The molecule has 1 rings (SSSR count). The maximum atomic E-state index is 13.0. The van der Waals surface area contributed by atoms with Gasteiger partial charge < -0.3 is 19.6 Å². The van der Waals surface area contributed by atoms with Crippen LogP contribution < -0.4 is 4.74 Å². The summed E-state index contributed by atoms with van der Waals surface area (Å²) in [4.78, 5) is 24.0. The maximum Gasteiger partial charge on any atom is 0.573 e. The molecular formula is C10H7F5N2O5. The van der Waals surface area contributed by atoms with Gasteiger partial charge in [0.1, 0.15) is 0 Å². The van der Waals surface area contributed by atoms with Crippen molar-refractivity contribution in [1.29, 1.82) is 0 Å². The number of alkyl halides is 5. The van der Waals surface area contributed by atoms with Crippen LogP contribution in [0.1, 0.15) is 29.3 Å². The van der Waals surface area contributed by atoms with E-state index >= 15 is 0 Å². The molecule has 0 aliphatic heterocycles. The van der Waals surface area contributed by atoms with Gasteiger partial charge in [-0.15, -0.1) is 13.2 Å². The Labute approximate surface area is 118 Å². The normalized spacial score (nSPS) is 11.4. The molecule has 1 heterocycles. The number of nitrogens with zero attached hydrogens (tertiary/aromatic N) is 2. The molecule has 0 aliphatic rings. The average Bonchev–Trinajstić information content (AvgIpc) is 2.35. The second-order valence-electron chi connectivity index (χ2n) is 3.56. The van der Waals surface area contributed by atoms with Crippen LogP contribution >= 0.6 is 0 Å². The third kappa shape index (κ3) is 3.99. The van der Waals surface area contributed by atoms with Crippen molar-refractivity contribution in [3.05, 3.63) is 27.4 Å². The zero-order chi connectivity index (χ0) is 17.1. The smallest absolute Gasteiger partial charge is 0.462 e. The predicted octanol–water partition coefficient (Wildman–Crippen LogP) is 3.00. The maximum absolute atomic E-state index is 13.0. The minimum atomic E-state index is -5.35. The molecule has 0 radical (unpaired) electrons. The number of ether oxygens (including phenoxy) is 2. The van der Waals surface area contributed by atoms with Gasteiger partial charge in [-0.2, -0.15) is 0 Å². The molecule has 0 N–H and O–H groups in total. The number of halogens is 5. The molecule has 0 aliphatic carbocycles. The molecule has 1 aromatic heterocycles. The molecule has 0 bridgehead atoms. The molecule has 0 aromatic carbocycles. The third-order valence-electron chi connectivity index (χ3n) is 2.16. The highest BCUT2D eigenvalue weighted by Gasteiger charge is 2.39. The van der Waals surface area contributed by atoms with Gasteiger partial charge in [0.05, 0.1) is 12.2 Å². The molecule has 0 saturated carbocycles. The minimum Gasteiger partial charge on any atom is -0.462 e. The lowest BCUT2D eigenvalue weighted by Gasteiger charge is -2.14. The minimum absolute atomic E-state index is 0.0931. The molecule has 0 spiro atoms. The van der Waals surface area contributed by atoms with Gasteiger partial charge >= 0.3 is 18.1 Å². The lowest BCUT2D eigenvalue weighted by atomic mass is 10.1. The Kier molecular flexibility index (Phi) is 5.17. The number of rotatable bonds is 5. The molecule has 122 valence electrons. The summed E-state index contributed by atoms with van der Waals surface area (Å²) in [5.74, 6) is -4.48. The number of pyridine rings is 1. The van der Waals surface area contributed by atoms with Crippen LogP contribution in [0.2, 0.25) is 0 Å². The van der Waals surface area contributed by atoms with Crippen LogP contribution in [0, 0.1) is 10.1 Å². The quantitative estimate of drug-likeness (QED) is 0.357. The standard InChI is InChI=1S/C10H7F5N2O5/c1-2-21-9(18)6-5(7(11)12)4(22-10(13,14)15)3-16-8(6)17(19)20/h3,7H,2H2,1H3. The molecule has 12 heteroatoms. The van der Waals surface area contributed by atoms with E-state index in [4.69, 9.17) is 0 Å². The van der Waals surface area contributed by atoms with Gasteiger partial charge in [-0.05, 0) is 16.8 Å². The first kappa shape index (κ1) is 17.5. The van der Waals surface area contributed by atoms with Crippen LogP contribution in [0.3, 0.4) is 0 Å². The summed E-state index contributed by atoms with van der Waals surface area (Å²) in [5.41, 5.74) is -3.00. The number of carbonyl (C=O) groups is 1. The van der Waals surface area contributed by atoms with E-state index < -0.39 is 46.4 Å². The van der Waals surface area contributed by atoms with Gasteiger partial charge in [0, 0.05) is 0 Å². The van der Waals surface area contributed by atoms with Crippen LogP contribution in [0.4, 0.5) is 27.8 Å². The lowest BCUT2D eigenvalue weighted by molar-refractivity contribution is -0.390. The molecule has 0 fully saturated rings. The fraction of sp³-hybridized carbons (Fsp3) is 0.400. The Morgan fingerprint density at radius 1 is 1.45 bits per heavy atom. The van der Waals surface area contributed by atoms with Crippen LogP contribution in [0.5, 0.6) is 5.75 Å². The van der Waals surface area contributed by atoms with Crippen LogP contribution in [0.25, 0.3) is 0 Å². The molecule has 0 saturated heterocycles. The number of carbonyl (C=O) groups excluding carboxylic acids is 1. The zero-order valence-corrected chi connectivity index (χ0v) is 10.7.